The lowest BCUT2D eigenvalue weighted by molar-refractivity contribution is -0.385. The first-order valence-electron chi connectivity index (χ1n) is 5.04. The largest absolute Gasteiger partial charge is 0.494 e. The maximum atomic E-state index is 13.4. The highest BCUT2D eigenvalue weighted by Gasteiger charge is 2.25. The molecule has 17 heavy (non-hydrogen) atoms. The van der Waals surface area contributed by atoms with Crippen LogP contribution in [0.1, 0.15) is 25.3 Å². The van der Waals surface area contributed by atoms with Crippen LogP contribution in [0, 0.1) is 15.9 Å². The van der Waals surface area contributed by atoms with Crippen molar-refractivity contribution in [1.82, 2.24) is 0 Å². The molecule has 0 heterocycles. The number of halogens is 2. The van der Waals surface area contributed by atoms with Crippen LogP contribution in [0.15, 0.2) is 12.1 Å². The number of nitro benzene ring substituents is 1. The van der Waals surface area contributed by atoms with Gasteiger partial charge >= 0.3 is 0 Å². The van der Waals surface area contributed by atoms with Gasteiger partial charge in [-0.15, -0.1) is 0 Å². The van der Waals surface area contributed by atoms with E-state index >= 15 is 0 Å². The first-order valence-corrected chi connectivity index (χ1v) is 5.96. The molecule has 0 radical (unpaired) electrons. The minimum absolute atomic E-state index is 0.0191. The maximum absolute atomic E-state index is 13.4. The summed E-state index contributed by atoms with van der Waals surface area (Å²) < 4.78 is 18.3. The van der Waals surface area contributed by atoms with Gasteiger partial charge in [0.2, 0.25) is 0 Å². The molecule has 0 saturated carbocycles. The van der Waals surface area contributed by atoms with Crippen molar-refractivity contribution in [2.75, 3.05) is 7.11 Å². The van der Waals surface area contributed by atoms with Crippen molar-refractivity contribution in [3.05, 3.63) is 33.6 Å². The van der Waals surface area contributed by atoms with Crippen molar-refractivity contribution in [2.45, 2.75) is 24.6 Å². The van der Waals surface area contributed by atoms with Gasteiger partial charge in [-0.2, -0.15) is 0 Å². The van der Waals surface area contributed by atoms with Crippen LogP contribution in [0.25, 0.3) is 0 Å². The molecule has 2 atom stereocenters. The number of hydrogen-bond donors (Lipinski definition) is 0. The van der Waals surface area contributed by atoms with Gasteiger partial charge in [0.15, 0.2) is 11.6 Å². The van der Waals surface area contributed by atoms with E-state index in [2.05, 4.69) is 15.9 Å². The van der Waals surface area contributed by atoms with Gasteiger partial charge in [0, 0.05) is 16.3 Å². The predicted octanol–water partition coefficient (Wildman–Crippen LogP) is 3.63. The van der Waals surface area contributed by atoms with Crippen molar-refractivity contribution >= 4 is 21.6 Å². The van der Waals surface area contributed by atoms with Gasteiger partial charge in [-0.05, 0) is 6.07 Å². The number of nitrogens with zero attached hydrogens (tertiary/aromatic N) is 1. The third-order valence-electron chi connectivity index (χ3n) is 2.68. The summed E-state index contributed by atoms with van der Waals surface area (Å²) in [5, 5.41) is 10.9. The second-order valence-electron chi connectivity index (χ2n) is 3.77. The number of methoxy groups -OCH3 is 1. The van der Waals surface area contributed by atoms with E-state index < -0.39 is 10.7 Å². The molecule has 2 unspecified atom stereocenters. The molecule has 0 fully saturated rings. The Labute approximate surface area is 107 Å². The molecule has 6 heteroatoms. The molecule has 0 saturated heterocycles. The van der Waals surface area contributed by atoms with Crippen molar-refractivity contribution in [2.24, 2.45) is 0 Å². The van der Waals surface area contributed by atoms with E-state index in [1.807, 2.05) is 13.8 Å². The van der Waals surface area contributed by atoms with E-state index in [9.17, 15) is 14.5 Å². The molecular weight excluding hydrogens is 293 g/mol. The summed E-state index contributed by atoms with van der Waals surface area (Å²) in [4.78, 5) is 10.3. The van der Waals surface area contributed by atoms with E-state index in [0.717, 1.165) is 6.07 Å². The van der Waals surface area contributed by atoms with Crippen LogP contribution in [0.4, 0.5) is 10.1 Å². The van der Waals surface area contributed by atoms with Crippen LogP contribution in [0.2, 0.25) is 0 Å². The van der Waals surface area contributed by atoms with Crippen LogP contribution in [0.3, 0.4) is 0 Å². The molecule has 0 aliphatic heterocycles. The molecular formula is C11H13BrFNO3. The van der Waals surface area contributed by atoms with Gasteiger partial charge in [-0.25, -0.2) is 4.39 Å². The average molecular weight is 306 g/mol. The lowest BCUT2D eigenvalue weighted by atomic mass is 9.96. The van der Waals surface area contributed by atoms with Crippen LogP contribution >= 0.6 is 15.9 Å². The average Bonchev–Trinajstić information content (AvgIpc) is 2.27. The van der Waals surface area contributed by atoms with Crippen LogP contribution in [-0.4, -0.2) is 16.9 Å². The second kappa shape index (κ2) is 5.44. The van der Waals surface area contributed by atoms with E-state index in [-0.39, 0.29) is 22.2 Å². The van der Waals surface area contributed by atoms with Gasteiger partial charge in [-0.3, -0.25) is 10.1 Å². The molecule has 1 aromatic carbocycles. The third kappa shape index (κ3) is 2.94. The fourth-order valence-electron chi connectivity index (χ4n) is 1.49. The summed E-state index contributed by atoms with van der Waals surface area (Å²) >= 11 is 3.37. The Kier molecular flexibility index (Phi) is 4.45. The lowest BCUT2D eigenvalue weighted by Gasteiger charge is -2.15. The summed E-state index contributed by atoms with van der Waals surface area (Å²) in [5.41, 5.74) is 0.236. The SMILES string of the molecule is COc1cc(C(C)C(C)Br)c([N+](=O)[O-])cc1F. The Balaban J connectivity index is 3.38. The highest BCUT2D eigenvalue weighted by molar-refractivity contribution is 9.09. The van der Waals surface area contributed by atoms with Gasteiger partial charge in [0.1, 0.15) is 0 Å². The molecule has 0 bridgehead atoms. The molecule has 0 amide bonds. The third-order valence-corrected chi connectivity index (χ3v) is 3.47. The second-order valence-corrected chi connectivity index (χ2v) is 5.21. The zero-order valence-electron chi connectivity index (χ0n) is 9.74. The first-order chi connectivity index (χ1) is 7.88. The topological polar surface area (TPSA) is 52.4 Å². The van der Waals surface area contributed by atoms with Crippen molar-refractivity contribution < 1.29 is 14.1 Å². The van der Waals surface area contributed by atoms with Crippen LogP contribution in [0.5, 0.6) is 5.75 Å². The fourth-order valence-corrected chi connectivity index (χ4v) is 1.77. The number of rotatable bonds is 4. The smallest absolute Gasteiger partial charge is 0.276 e. The number of nitro groups is 1. The van der Waals surface area contributed by atoms with E-state index in [0.29, 0.717) is 5.56 Å². The molecule has 1 aromatic rings. The first kappa shape index (κ1) is 13.9. The lowest BCUT2D eigenvalue weighted by Crippen LogP contribution is -2.08. The van der Waals surface area contributed by atoms with Gasteiger partial charge < -0.3 is 4.74 Å². The summed E-state index contributed by atoms with van der Waals surface area (Å²) in [6.07, 6.45) is 0. The number of benzene rings is 1. The van der Waals surface area contributed by atoms with Crippen molar-refractivity contribution in [3.63, 3.8) is 0 Å². The highest BCUT2D eigenvalue weighted by atomic mass is 79.9. The maximum Gasteiger partial charge on any atom is 0.276 e. The zero-order chi connectivity index (χ0) is 13.2. The number of ether oxygens (including phenoxy) is 1. The van der Waals surface area contributed by atoms with Crippen molar-refractivity contribution in [3.8, 4) is 5.75 Å². The monoisotopic (exact) mass is 305 g/mol. The Morgan fingerprint density at radius 1 is 1.47 bits per heavy atom. The molecule has 0 N–H and O–H groups in total. The predicted molar refractivity (Wildman–Crippen MR) is 66.4 cm³/mol. The molecule has 0 aromatic heterocycles. The summed E-state index contributed by atoms with van der Waals surface area (Å²) in [7, 11) is 1.33. The summed E-state index contributed by atoms with van der Waals surface area (Å²) in [6, 6.07) is 2.29. The fraction of sp³-hybridized carbons (Fsp3) is 0.455. The quantitative estimate of drug-likeness (QED) is 0.485. The van der Waals surface area contributed by atoms with Gasteiger partial charge in [0.25, 0.3) is 5.69 Å². The van der Waals surface area contributed by atoms with Crippen LogP contribution in [-0.2, 0) is 0 Å². The standard InChI is InChI=1S/C11H13BrFNO3/c1-6(7(2)12)8-4-11(17-3)9(13)5-10(8)14(15)16/h4-7H,1-3H3. The molecule has 1 rings (SSSR count). The van der Waals surface area contributed by atoms with Gasteiger partial charge in [-0.1, -0.05) is 29.8 Å². The number of alkyl halides is 1. The summed E-state index contributed by atoms with van der Waals surface area (Å²) in [5.74, 6) is -0.826. The van der Waals surface area contributed by atoms with Crippen molar-refractivity contribution in [1.29, 1.82) is 0 Å². The normalized spacial score (nSPS) is 14.2. The Morgan fingerprint density at radius 2 is 2.06 bits per heavy atom. The minimum Gasteiger partial charge on any atom is -0.494 e. The molecule has 0 aliphatic rings. The molecule has 0 spiro atoms. The van der Waals surface area contributed by atoms with E-state index in [1.165, 1.54) is 13.2 Å². The minimum atomic E-state index is -0.725. The Bertz CT molecular complexity index is 437. The van der Waals surface area contributed by atoms with E-state index in [4.69, 9.17) is 4.74 Å². The number of hydrogen-bond acceptors (Lipinski definition) is 3. The zero-order valence-corrected chi connectivity index (χ0v) is 11.3. The van der Waals surface area contributed by atoms with E-state index in [1.54, 1.807) is 0 Å². The molecule has 0 aliphatic carbocycles. The van der Waals surface area contributed by atoms with Gasteiger partial charge in [0.05, 0.1) is 18.1 Å². The van der Waals surface area contributed by atoms with Crippen LogP contribution < -0.4 is 4.74 Å². The molecule has 4 nitrogen and oxygen atoms in total. The Morgan fingerprint density at radius 3 is 2.47 bits per heavy atom. The highest BCUT2D eigenvalue weighted by Crippen LogP contribution is 2.35. The molecule has 94 valence electrons. The Hall–Kier alpha value is -1.17. The summed E-state index contributed by atoms with van der Waals surface area (Å²) in [6.45, 7) is 3.71.